The summed E-state index contributed by atoms with van der Waals surface area (Å²) in [6, 6.07) is 0. The van der Waals surface area contributed by atoms with Crippen LogP contribution in [0.3, 0.4) is 0 Å². The number of hydrogen-bond acceptors (Lipinski definition) is 3. The zero-order valence-corrected chi connectivity index (χ0v) is 8.29. The fourth-order valence-corrected chi connectivity index (χ4v) is 1.39. The Balaban J connectivity index is 1.92. The fraction of sp³-hybridized carbons (Fsp3) is 0.600. The molecule has 1 heterocycles. The molecule has 2 N–H and O–H groups in total. The zero-order chi connectivity index (χ0) is 10.9. The molecule has 0 amide bonds. The summed E-state index contributed by atoms with van der Waals surface area (Å²) in [5.74, 6) is 0. The predicted octanol–water partition coefficient (Wildman–Crippen LogP) is 1.84. The number of aryl methyl sites for hydroxylation is 1. The van der Waals surface area contributed by atoms with Gasteiger partial charge in [-0.25, -0.2) is 8.78 Å². The monoisotopic (exact) mass is 213 g/mol. The van der Waals surface area contributed by atoms with E-state index >= 15 is 0 Å². The minimum Gasteiger partial charge on any atom is -0.325 e. The van der Waals surface area contributed by atoms with Gasteiger partial charge in [-0.2, -0.15) is 0 Å². The quantitative estimate of drug-likeness (QED) is 0.830. The number of aromatic nitrogens is 2. The lowest BCUT2D eigenvalue weighted by atomic mass is 10.1. The maximum atomic E-state index is 12.2. The van der Waals surface area contributed by atoms with Crippen LogP contribution in [-0.4, -0.2) is 15.5 Å². The van der Waals surface area contributed by atoms with Crippen LogP contribution in [0.15, 0.2) is 12.4 Å². The number of nitrogens with two attached hydrogens (primary N) is 1. The van der Waals surface area contributed by atoms with Gasteiger partial charge in [-0.05, 0) is 25.7 Å². The van der Waals surface area contributed by atoms with E-state index in [2.05, 4.69) is 9.97 Å². The first-order valence-corrected chi connectivity index (χ1v) is 4.97. The smallest absolute Gasteiger partial charge is 0.281 e. The number of rotatable bonds is 4. The van der Waals surface area contributed by atoms with Gasteiger partial charge in [-0.3, -0.25) is 9.97 Å². The first kappa shape index (κ1) is 10.4. The molecule has 3 nitrogen and oxygen atoms in total. The molecule has 1 saturated carbocycles. The highest BCUT2D eigenvalue weighted by Gasteiger charge is 2.37. The van der Waals surface area contributed by atoms with Gasteiger partial charge in [0.15, 0.2) is 0 Å². The Morgan fingerprint density at radius 3 is 2.53 bits per heavy atom. The fourth-order valence-electron chi connectivity index (χ4n) is 1.39. The minimum absolute atomic E-state index is 0.0247. The van der Waals surface area contributed by atoms with Crippen molar-refractivity contribution in [1.29, 1.82) is 0 Å². The molecule has 1 aromatic rings. The number of alkyl halides is 2. The van der Waals surface area contributed by atoms with E-state index in [4.69, 9.17) is 5.73 Å². The summed E-state index contributed by atoms with van der Waals surface area (Å²) in [4.78, 5) is 7.58. The summed E-state index contributed by atoms with van der Waals surface area (Å²) in [5.41, 5.74) is 6.34. The van der Waals surface area contributed by atoms with E-state index in [1.807, 2.05) is 0 Å². The first-order valence-electron chi connectivity index (χ1n) is 4.97. The van der Waals surface area contributed by atoms with Crippen LogP contribution in [0.1, 0.15) is 37.1 Å². The van der Waals surface area contributed by atoms with Gasteiger partial charge in [0, 0.05) is 11.7 Å². The molecule has 1 aliphatic rings. The Morgan fingerprint density at radius 1 is 1.33 bits per heavy atom. The van der Waals surface area contributed by atoms with Crippen molar-refractivity contribution in [3.05, 3.63) is 23.8 Å². The Kier molecular flexibility index (Phi) is 2.65. The molecule has 0 radical (unpaired) electrons. The van der Waals surface area contributed by atoms with E-state index in [1.165, 1.54) is 6.20 Å². The molecular weight excluding hydrogens is 200 g/mol. The second-order valence-corrected chi connectivity index (χ2v) is 4.10. The molecule has 0 saturated heterocycles. The Bertz CT molecular complexity index is 333. The summed E-state index contributed by atoms with van der Waals surface area (Å²) in [6.45, 7) is 0. The number of nitrogens with zero attached hydrogens (tertiary/aromatic N) is 2. The lowest BCUT2D eigenvalue weighted by molar-refractivity contribution is 0.145. The molecule has 15 heavy (non-hydrogen) atoms. The molecule has 0 aromatic carbocycles. The van der Waals surface area contributed by atoms with Crippen molar-refractivity contribution in [2.24, 2.45) is 5.73 Å². The maximum Gasteiger partial charge on any atom is 0.281 e. The highest BCUT2D eigenvalue weighted by Crippen LogP contribution is 2.36. The normalized spacial score (nSPS) is 18.1. The molecule has 1 aliphatic carbocycles. The average molecular weight is 213 g/mol. The molecule has 0 atom stereocenters. The minimum atomic E-state index is -2.55. The molecule has 1 fully saturated rings. The third kappa shape index (κ3) is 2.68. The van der Waals surface area contributed by atoms with Crippen molar-refractivity contribution in [3.8, 4) is 0 Å². The molecule has 0 unspecified atom stereocenters. The van der Waals surface area contributed by atoms with Gasteiger partial charge in [0.05, 0.1) is 11.9 Å². The lowest BCUT2D eigenvalue weighted by Gasteiger charge is -2.07. The van der Waals surface area contributed by atoms with E-state index in [9.17, 15) is 8.78 Å². The van der Waals surface area contributed by atoms with Crippen LogP contribution in [0.2, 0.25) is 0 Å². The van der Waals surface area contributed by atoms with Crippen molar-refractivity contribution in [2.45, 2.75) is 37.6 Å². The second-order valence-electron chi connectivity index (χ2n) is 4.10. The van der Waals surface area contributed by atoms with Gasteiger partial charge in [0.2, 0.25) is 0 Å². The van der Waals surface area contributed by atoms with Crippen LogP contribution < -0.4 is 5.73 Å². The second kappa shape index (κ2) is 3.81. The molecule has 5 heteroatoms. The third-order valence-corrected chi connectivity index (χ3v) is 2.72. The Morgan fingerprint density at radius 2 is 2.07 bits per heavy atom. The lowest BCUT2D eigenvalue weighted by Crippen LogP contribution is -2.22. The van der Waals surface area contributed by atoms with E-state index in [0.29, 0.717) is 6.42 Å². The Hall–Kier alpha value is -1.10. The summed E-state index contributed by atoms with van der Waals surface area (Å²) < 4.78 is 24.3. The predicted molar refractivity (Wildman–Crippen MR) is 51.5 cm³/mol. The maximum absolute atomic E-state index is 12.2. The number of halogens is 2. The molecule has 2 rings (SSSR count). The summed E-state index contributed by atoms with van der Waals surface area (Å²) in [7, 11) is 0. The van der Waals surface area contributed by atoms with E-state index in [0.717, 1.165) is 31.2 Å². The largest absolute Gasteiger partial charge is 0.325 e. The van der Waals surface area contributed by atoms with Gasteiger partial charge < -0.3 is 5.73 Å². The molecule has 82 valence electrons. The zero-order valence-electron chi connectivity index (χ0n) is 8.29. The van der Waals surface area contributed by atoms with Crippen LogP contribution in [-0.2, 0) is 6.42 Å². The number of hydrogen-bond donors (Lipinski definition) is 1. The Labute approximate surface area is 86.7 Å². The van der Waals surface area contributed by atoms with Crippen LogP contribution in [0.25, 0.3) is 0 Å². The molecule has 0 aliphatic heterocycles. The molecule has 0 bridgehead atoms. The van der Waals surface area contributed by atoms with E-state index in [-0.39, 0.29) is 11.2 Å². The topological polar surface area (TPSA) is 51.8 Å². The van der Waals surface area contributed by atoms with Crippen molar-refractivity contribution in [3.63, 3.8) is 0 Å². The van der Waals surface area contributed by atoms with E-state index in [1.54, 1.807) is 0 Å². The van der Waals surface area contributed by atoms with Gasteiger partial charge in [-0.1, -0.05) is 0 Å². The molecule has 0 spiro atoms. The van der Waals surface area contributed by atoms with Crippen molar-refractivity contribution < 1.29 is 8.78 Å². The summed E-state index contributed by atoms with van der Waals surface area (Å²) in [5, 5.41) is 0. The highest BCUT2D eigenvalue weighted by atomic mass is 19.3. The molecule has 1 aromatic heterocycles. The van der Waals surface area contributed by atoms with Crippen LogP contribution in [0, 0.1) is 0 Å². The summed E-state index contributed by atoms with van der Waals surface area (Å²) in [6.07, 6.45) is 3.67. The average Bonchev–Trinajstić information content (AvgIpc) is 2.95. The van der Waals surface area contributed by atoms with Crippen molar-refractivity contribution in [1.82, 2.24) is 9.97 Å². The molecular formula is C10H13F2N3. The SMILES string of the molecule is NC1(CCc2cnc(C(F)F)cn2)CC1. The van der Waals surface area contributed by atoms with Crippen LogP contribution in [0.4, 0.5) is 8.78 Å². The van der Waals surface area contributed by atoms with Gasteiger partial charge in [0.1, 0.15) is 5.69 Å². The van der Waals surface area contributed by atoms with Gasteiger partial charge in [-0.15, -0.1) is 0 Å². The van der Waals surface area contributed by atoms with Gasteiger partial charge in [0.25, 0.3) is 6.43 Å². The van der Waals surface area contributed by atoms with Crippen LogP contribution in [0.5, 0.6) is 0 Å². The summed E-state index contributed by atoms with van der Waals surface area (Å²) >= 11 is 0. The van der Waals surface area contributed by atoms with Crippen molar-refractivity contribution in [2.75, 3.05) is 0 Å². The highest BCUT2D eigenvalue weighted by molar-refractivity contribution is 5.06. The first-order chi connectivity index (χ1) is 7.09. The standard InChI is InChI=1S/C10H13F2N3/c11-9(12)8-6-14-7(5-15-8)1-2-10(13)3-4-10/h5-6,9H,1-4,13H2. The van der Waals surface area contributed by atoms with Crippen molar-refractivity contribution >= 4 is 0 Å². The van der Waals surface area contributed by atoms with Gasteiger partial charge >= 0.3 is 0 Å². The van der Waals surface area contributed by atoms with E-state index < -0.39 is 6.43 Å². The third-order valence-electron chi connectivity index (χ3n) is 2.72. The van der Waals surface area contributed by atoms with Crippen LogP contribution >= 0.6 is 0 Å².